The molecule has 0 heterocycles. The van der Waals surface area contributed by atoms with Crippen molar-refractivity contribution in [3.8, 4) is 0 Å². The third-order valence-electron chi connectivity index (χ3n) is 2.28. The molecule has 2 atom stereocenters. The highest BCUT2D eigenvalue weighted by atomic mass is 16.3. The molecule has 3 nitrogen and oxygen atoms in total. The van der Waals surface area contributed by atoms with Crippen LogP contribution in [0.3, 0.4) is 0 Å². The van der Waals surface area contributed by atoms with Crippen LogP contribution in [0.4, 0.5) is 0 Å². The van der Waals surface area contributed by atoms with E-state index in [9.17, 15) is 5.11 Å². The maximum atomic E-state index is 9.46. The van der Waals surface area contributed by atoms with Crippen molar-refractivity contribution in [3.63, 3.8) is 0 Å². The molecule has 0 rings (SSSR count). The van der Waals surface area contributed by atoms with Crippen LogP contribution in [0.15, 0.2) is 0 Å². The maximum absolute atomic E-state index is 9.46. The predicted octanol–water partition coefficient (Wildman–Crippen LogP) is 0.460. The van der Waals surface area contributed by atoms with Gasteiger partial charge >= 0.3 is 0 Å². The summed E-state index contributed by atoms with van der Waals surface area (Å²) in [5.74, 6) is 0. The van der Waals surface area contributed by atoms with Gasteiger partial charge in [0.1, 0.15) is 0 Å². The molecule has 0 amide bonds. The second kappa shape index (κ2) is 6.40. The third-order valence-corrected chi connectivity index (χ3v) is 2.28. The monoisotopic (exact) mass is 175 g/mol. The Balaban J connectivity index is 4.01. The zero-order valence-corrected chi connectivity index (χ0v) is 8.32. The van der Waals surface area contributed by atoms with Crippen molar-refractivity contribution >= 4 is 0 Å². The van der Waals surface area contributed by atoms with E-state index in [1.54, 1.807) is 0 Å². The summed E-state index contributed by atoms with van der Waals surface area (Å²) in [5, 5.41) is 18.3. The van der Waals surface area contributed by atoms with Crippen LogP contribution in [-0.2, 0) is 0 Å². The highest BCUT2D eigenvalue weighted by molar-refractivity contribution is 4.75. The zero-order valence-electron chi connectivity index (χ0n) is 8.32. The molecule has 0 aromatic carbocycles. The fourth-order valence-electron chi connectivity index (χ4n) is 1.36. The summed E-state index contributed by atoms with van der Waals surface area (Å²) < 4.78 is 0. The predicted molar refractivity (Wildman–Crippen MR) is 50.1 cm³/mol. The molecule has 0 spiro atoms. The van der Waals surface area contributed by atoms with Crippen LogP contribution in [0.25, 0.3) is 0 Å². The van der Waals surface area contributed by atoms with Gasteiger partial charge < -0.3 is 15.1 Å². The van der Waals surface area contributed by atoms with Crippen LogP contribution >= 0.6 is 0 Å². The van der Waals surface area contributed by atoms with Crippen LogP contribution in [0.1, 0.15) is 26.7 Å². The van der Waals surface area contributed by atoms with Crippen LogP contribution in [0.5, 0.6) is 0 Å². The molecule has 0 fully saturated rings. The quantitative estimate of drug-likeness (QED) is 0.616. The van der Waals surface area contributed by atoms with Gasteiger partial charge in [-0.05, 0) is 20.0 Å². The number of aliphatic hydroxyl groups excluding tert-OH is 2. The van der Waals surface area contributed by atoms with Crippen LogP contribution < -0.4 is 0 Å². The largest absolute Gasteiger partial charge is 0.394 e. The molecule has 12 heavy (non-hydrogen) atoms. The molecule has 0 aliphatic carbocycles. The summed E-state index contributed by atoms with van der Waals surface area (Å²) in [5.41, 5.74) is 0. The summed E-state index contributed by atoms with van der Waals surface area (Å²) >= 11 is 0. The van der Waals surface area contributed by atoms with Gasteiger partial charge in [0, 0.05) is 6.04 Å². The lowest BCUT2D eigenvalue weighted by atomic mass is 10.1. The first-order valence-electron chi connectivity index (χ1n) is 4.66. The van der Waals surface area contributed by atoms with E-state index in [0.717, 1.165) is 19.4 Å². The minimum atomic E-state index is -0.602. The first-order chi connectivity index (χ1) is 5.67. The maximum Gasteiger partial charge on any atom is 0.0925 e. The molecule has 2 N–H and O–H groups in total. The first kappa shape index (κ1) is 11.9. The van der Waals surface area contributed by atoms with Crippen LogP contribution in [0, 0.1) is 0 Å². The second-order valence-corrected chi connectivity index (χ2v) is 3.18. The summed E-state index contributed by atoms with van der Waals surface area (Å²) in [6, 6.07) is 0.102. The van der Waals surface area contributed by atoms with Crippen LogP contribution in [-0.4, -0.2) is 47.5 Å². The van der Waals surface area contributed by atoms with Crippen molar-refractivity contribution in [3.05, 3.63) is 0 Å². The minimum absolute atomic E-state index is 0.102. The summed E-state index contributed by atoms with van der Waals surface area (Å²) in [4.78, 5) is 2.07. The summed E-state index contributed by atoms with van der Waals surface area (Å²) in [6.45, 7) is 4.89. The number of rotatable bonds is 6. The van der Waals surface area contributed by atoms with Gasteiger partial charge in [-0.3, -0.25) is 0 Å². The van der Waals surface area contributed by atoms with Crippen molar-refractivity contribution in [2.24, 2.45) is 0 Å². The van der Waals surface area contributed by atoms with Gasteiger partial charge in [0.25, 0.3) is 0 Å². The molecule has 0 saturated heterocycles. The smallest absolute Gasteiger partial charge is 0.0925 e. The average Bonchev–Trinajstić information content (AvgIpc) is 2.11. The number of aliphatic hydroxyl groups is 2. The molecule has 0 saturated carbocycles. The topological polar surface area (TPSA) is 43.7 Å². The molecule has 3 heteroatoms. The van der Waals surface area contributed by atoms with E-state index in [-0.39, 0.29) is 12.6 Å². The van der Waals surface area contributed by atoms with Gasteiger partial charge in [-0.15, -0.1) is 0 Å². The molecule has 0 aliphatic heterocycles. The van der Waals surface area contributed by atoms with Gasteiger partial charge in [-0.2, -0.15) is 0 Å². The Morgan fingerprint density at radius 3 is 2.25 bits per heavy atom. The van der Waals surface area contributed by atoms with E-state index in [0.29, 0.717) is 0 Å². The van der Waals surface area contributed by atoms with E-state index in [2.05, 4.69) is 11.8 Å². The average molecular weight is 175 g/mol. The second-order valence-electron chi connectivity index (χ2n) is 3.18. The lowest BCUT2D eigenvalue weighted by Crippen LogP contribution is -2.42. The SMILES string of the molecule is CCCC(C(O)CO)N(C)CC. The van der Waals surface area contributed by atoms with E-state index < -0.39 is 6.10 Å². The van der Waals surface area contributed by atoms with E-state index in [1.165, 1.54) is 0 Å². The van der Waals surface area contributed by atoms with Crippen LogP contribution in [0.2, 0.25) is 0 Å². The molecule has 0 bridgehead atoms. The molecular formula is C9H21NO2. The van der Waals surface area contributed by atoms with Crippen molar-refractivity contribution in [2.45, 2.75) is 38.8 Å². The Hall–Kier alpha value is -0.120. The van der Waals surface area contributed by atoms with Crippen molar-refractivity contribution in [1.82, 2.24) is 4.90 Å². The molecule has 74 valence electrons. The fraction of sp³-hybridized carbons (Fsp3) is 1.00. The number of hydrogen-bond acceptors (Lipinski definition) is 3. The molecule has 0 radical (unpaired) electrons. The number of likely N-dealkylation sites (N-methyl/N-ethyl adjacent to an activating group) is 1. The number of hydrogen-bond donors (Lipinski definition) is 2. The van der Waals surface area contributed by atoms with E-state index in [1.807, 2.05) is 14.0 Å². The van der Waals surface area contributed by atoms with Gasteiger partial charge in [-0.25, -0.2) is 0 Å². The van der Waals surface area contributed by atoms with Gasteiger partial charge in [0.15, 0.2) is 0 Å². The van der Waals surface area contributed by atoms with Gasteiger partial charge in [0.05, 0.1) is 12.7 Å². The Morgan fingerprint density at radius 2 is 1.92 bits per heavy atom. The lowest BCUT2D eigenvalue weighted by molar-refractivity contribution is 0.0181. The first-order valence-corrected chi connectivity index (χ1v) is 4.66. The Labute approximate surface area is 75.0 Å². The van der Waals surface area contributed by atoms with Crippen molar-refractivity contribution in [1.29, 1.82) is 0 Å². The third kappa shape index (κ3) is 3.52. The summed E-state index contributed by atoms with van der Waals surface area (Å²) in [6.07, 6.45) is 1.37. The summed E-state index contributed by atoms with van der Waals surface area (Å²) in [7, 11) is 1.97. The highest BCUT2D eigenvalue weighted by Gasteiger charge is 2.20. The molecular weight excluding hydrogens is 154 g/mol. The van der Waals surface area contributed by atoms with E-state index in [4.69, 9.17) is 5.11 Å². The fourth-order valence-corrected chi connectivity index (χ4v) is 1.36. The number of nitrogens with zero attached hydrogens (tertiary/aromatic N) is 1. The minimum Gasteiger partial charge on any atom is -0.394 e. The zero-order chi connectivity index (χ0) is 9.56. The highest BCUT2D eigenvalue weighted by Crippen LogP contribution is 2.09. The Morgan fingerprint density at radius 1 is 1.33 bits per heavy atom. The molecule has 0 aliphatic rings. The molecule has 0 aromatic heterocycles. The van der Waals surface area contributed by atoms with Crippen molar-refractivity contribution < 1.29 is 10.2 Å². The molecule has 0 aromatic rings. The van der Waals surface area contributed by atoms with Crippen molar-refractivity contribution in [2.75, 3.05) is 20.2 Å². The van der Waals surface area contributed by atoms with Gasteiger partial charge in [-0.1, -0.05) is 20.3 Å². The normalized spacial score (nSPS) is 16.5. The Kier molecular flexibility index (Phi) is 6.34. The van der Waals surface area contributed by atoms with Gasteiger partial charge in [0.2, 0.25) is 0 Å². The Bertz CT molecular complexity index is 98.7. The lowest BCUT2D eigenvalue weighted by Gasteiger charge is -2.29. The standard InChI is InChI=1S/C9H21NO2/c1-4-6-8(9(12)7-11)10(3)5-2/h8-9,11-12H,4-7H2,1-3H3. The van der Waals surface area contributed by atoms with E-state index >= 15 is 0 Å². The molecule has 2 unspecified atom stereocenters.